The fourth-order valence-electron chi connectivity index (χ4n) is 12.0. The normalized spacial score (nSPS) is 20.7. The summed E-state index contributed by atoms with van der Waals surface area (Å²) >= 11 is 0. The van der Waals surface area contributed by atoms with Gasteiger partial charge in [0.25, 0.3) is 0 Å². The molecule has 2 saturated heterocycles. The van der Waals surface area contributed by atoms with Gasteiger partial charge < -0.3 is 66.8 Å². The van der Waals surface area contributed by atoms with Gasteiger partial charge in [-0.3, -0.25) is 38.4 Å². The third-order valence-electron chi connectivity index (χ3n) is 16.7. The van der Waals surface area contributed by atoms with E-state index in [0.717, 1.165) is 33.4 Å². The Morgan fingerprint density at radius 2 is 1.38 bits per heavy atom. The Kier molecular flexibility index (Phi) is 29.7. The summed E-state index contributed by atoms with van der Waals surface area (Å²) in [5.41, 5.74) is 1.16. The van der Waals surface area contributed by atoms with Gasteiger partial charge in [0.15, 0.2) is 24.1 Å². The predicted octanol–water partition coefficient (Wildman–Crippen LogP) is 6.51. The van der Waals surface area contributed by atoms with Crippen LogP contribution in [0.3, 0.4) is 0 Å². The van der Waals surface area contributed by atoms with E-state index in [1.165, 1.54) is 51.5 Å². The first-order valence-electron chi connectivity index (χ1n) is 30.4. The molecule has 0 N–H and O–H groups in total. The van der Waals surface area contributed by atoms with E-state index >= 15 is 0 Å². The van der Waals surface area contributed by atoms with Gasteiger partial charge in [0, 0.05) is 91.9 Å². The summed E-state index contributed by atoms with van der Waals surface area (Å²) in [5.74, 6) is -6.22. The van der Waals surface area contributed by atoms with E-state index in [2.05, 4.69) is 5.92 Å². The predicted molar refractivity (Wildman–Crippen MR) is 325 cm³/mol. The van der Waals surface area contributed by atoms with E-state index in [1.807, 2.05) is 58.0 Å². The van der Waals surface area contributed by atoms with Crippen LogP contribution in [0.1, 0.15) is 119 Å². The lowest BCUT2D eigenvalue weighted by Crippen LogP contribution is -2.64. The van der Waals surface area contributed by atoms with Crippen LogP contribution in [-0.4, -0.2) is 191 Å². The summed E-state index contributed by atoms with van der Waals surface area (Å²) in [5, 5.41) is 0. The van der Waals surface area contributed by atoms with E-state index in [1.54, 1.807) is 37.6 Å². The Balaban J connectivity index is 1.52. The van der Waals surface area contributed by atoms with Crippen molar-refractivity contribution in [2.45, 2.75) is 182 Å². The van der Waals surface area contributed by atoms with Crippen LogP contribution in [0.2, 0.25) is 0 Å². The third kappa shape index (κ3) is 20.2. The maximum absolute atomic E-state index is 14.9. The monoisotopic (exact) mass is 1260 g/mol. The van der Waals surface area contributed by atoms with Gasteiger partial charge in [0.05, 0.1) is 56.9 Å². The van der Waals surface area contributed by atoms with Crippen molar-refractivity contribution in [2.75, 3.05) is 55.7 Å². The first-order chi connectivity index (χ1) is 42.6. The zero-order valence-corrected chi connectivity index (χ0v) is 54.9. The van der Waals surface area contributed by atoms with Gasteiger partial charge >= 0.3 is 35.9 Å². The van der Waals surface area contributed by atoms with Gasteiger partial charge in [-0.05, 0) is 54.7 Å². The van der Waals surface area contributed by atoms with Gasteiger partial charge in [-0.1, -0.05) is 91.1 Å². The molecule has 3 amide bonds. The van der Waals surface area contributed by atoms with E-state index in [0.29, 0.717) is 32.2 Å². The highest BCUT2D eigenvalue weighted by Gasteiger charge is 2.56. The minimum absolute atomic E-state index is 0.0314. The van der Waals surface area contributed by atoms with Crippen LogP contribution in [-0.2, 0) is 98.8 Å². The molecule has 24 heteroatoms. The average molecular weight is 1260 g/mol. The summed E-state index contributed by atoms with van der Waals surface area (Å²) < 4.78 is 61.9. The molecule has 4 rings (SSSR count). The number of likely N-dealkylation sites (N-methyl/N-ethyl adjacent to an activating group) is 2. The molecule has 0 bridgehead atoms. The molecule has 2 heterocycles. The lowest BCUT2D eigenvalue weighted by atomic mass is 9.83. The molecule has 2 unspecified atom stereocenters. The Labute approximate surface area is 528 Å². The van der Waals surface area contributed by atoms with Crippen LogP contribution in [0.15, 0.2) is 48.5 Å². The summed E-state index contributed by atoms with van der Waals surface area (Å²) in [6.45, 7) is 15.8. The highest BCUT2D eigenvalue weighted by Crippen LogP contribution is 2.36. The van der Waals surface area contributed by atoms with E-state index < -0.39 is 133 Å². The number of benzene rings is 2. The van der Waals surface area contributed by atoms with Crippen molar-refractivity contribution in [3.63, 3.8) is 0 Å². The minimum Gasteiger partial charge on any atom is -0.480 e. The third-order valence-corrected chi connectivity index (χ3v) is 16.7. The summed E-state index contributed by atoms with van der Waals surface area (Å²) in [7, 11) is 8.42. The number of rotatable bonds is 33. The minimum atomic E-state index is -1.73. The summed E-state index contributed by atoms with van der Waals surface area (Å²) in [6.07, 6.45) is -3.36. The number of esters is 5. The largest absolute Gasteiger partial charge is 0.480 e. The van der Waals surface area contributed by atoms with Crippen molar-refractivity contribution in [2.24, 2.45) is 35.5 Å². The van der Waals surface area contributed by atoms with Crippen molar-refractivity contribution >= 4 is 59.3 Å². The molecule has 2 aromatic rings. The number of Topliss-reactive ketones (excluding diaryl/α,β-unsaturated/α-hetero) is 2. The van der Waals surface area contributed by atoms with Crippen LogP contribution in [0, 0.1) is 47.9 Å². The van der Waals surface area contributed by atoms with E-state index in [9.17, 15) is 47.9 Å². The molecule has 2 aliphatic heterocycles. The van der Waals surface area contributed by atoms with Crippen molar-refractivity contribution in [3.05, 3.63) is 59.7 Å². The molecule has 0 spiro atoms. The van der Waals surface area contributed by atoms with Crippen LogP contribution < -0.4 is 9.47 Å². The van der Waals surface area contributed by atoms with Gasteiger partial charge in [-0.2, -0.15) is 0 Å². The topological polar surface area (TPSA) is 282 Å². The Bertz CT molecular complexity index is 2820. The van der Waals surface area contributed by atoms with Crippen molar-refractivity contribution in [3.8, 4) is 23.8 Å². The highest BCUT2D eigenvalue weighted by atomic mass is 16.7. The quantitative estimate of drug-likeness (QED) is 0.0418. The summed E-state index contributed by atoms with van der Waals surface area (Å²) in [4.78, 5) is 139. The van der Waals surface area contributed by atoms with Gasteiger partial charge in [-0.15, -0.1) is 6.42 Å². The molecule has 0 aromatic heterocycles. The molecule has 498 valence electrons. The first kappa shape index (κ1) is 74.8. The van der Waals surface area contributed by atoms with Crippen molar-refractivity contribution in [1.82, 2.24) is 14.7 Å². The Morgan fingerprint density at radius 3 is 1.93 bits per heavy atom. The Hall–Kier alpha value is -7.62. The van der Waals surface area contributed by atoms with E-state index in [4.69, 9.17) is 58.5 Å². The van der Waals surface area contributed by atoms with Gasteiger partial charge in [-0.25, -0.2) is 9.59 Å². The zero-order valence-electron chi connectivity index (χ0n) is 54.9. The molecule has 2 aliphatic rings. The van der Waals surface area contributed by atoms with Crippen LogP contribution in [0.4, 0.5) is 4.79 Å². The molecule has 0 saturated carbocycles. The van der Waals surface area contributed by atoms with Crippen LogP contribution >= 0.6 is 0 Å². The molecule has 0 aliphatic carbocycles. The number of ketones is 2. The second kappa shape index (κ2) is 35.7. The fourth-order valence-corrected chi connectivity index (χ4v) is 12.0. The number of likely N-dealkylation sites (tertiary alicyclic amines) is 1. The van der Waals surface area contributed by atoms with Gasteiger partial charge in [0.1, 0.15) is 30.5 Å². The maximum atomic E-state index is 14.9. The number of nitrogens with zero attached hydrogens (tertiary/aromatic N) is 3. The fraction of sp³-hybridized carbons (Fsp3) is 0.636. The molecule has 0 radical (unpaired) electrons. The Morgan fingerprint density at radius 1 is 0.744 bits per heavy atom. The molecular formula is C66H93N3O21. The highest BCUT2D eigenvalue weighted by molar-refractivity contribution is 5.92. The number of carbonyl (C=O) groups excluding carboxylic acids is 10. The number of hydrogen-bond acceptors (Lipinski definition) is 21. The van der Waals surface area contributed by atoms with Crippen LogP contribution in [0.25, 0.3) is 0 Å². The number of terminal acetylenes is 1. The van der Waals surface area contributed by atoms with Gasteiger partial charge in [0.2, 0.25) is 24.2 Å². The lowest BCUT2D eigenvalue weighted by Gasteiger charge is -2.43. The SMILES string of the molecule is C#CCOc1cc(O[C@@H]2O[C@H](C(=O)OC)[C@@H](OC(C)=O)[C@H](OC(C)=O)[C@H]2OC(C)=O)ccc1COC(=O)N(C)[C@H](C(=O)C[C@H](C(=O)N(C)[C@@H](C(C)CC)[C@@H](CC(=O)N1CCC[C@H]1[C@H](OC)[C@@H](C)C(=O)CC(Cc1ccccc1)C(=O)OC)OC)C(C)C)C(C)C. The summed E-state index contributed by atoms with van der Waals surface area (Å²) in [6, 6.07) is 11.5. The maximum Gasteiger partial charge on any atom is 0.410 e. The van der Waals surface area contributed by atoms with Crippen LogP contribution in [0.5, 0.6) is 11.5 Å². The molecule has 24 nitrogen and oxygen atoms in total. The lowest BCUT2D eigenvalue weighted by molar-refractivity contribution is -0.282. The molecule has 14 atom stereocenters. The second-order valence-electron chi connectivity index (χ2n) is 23.6. The number of methoxy groups -OCH3 is 4. The zero-order chi connectivity index (χ0) is 67.3. The van der Waals surface area contributed by atoms with Crippen molar-refractivity contribution in [1.29, 1.82) is 0 Å². The molecular weight excluding hydrogens is 1170 g/mol. The number of ether oxygens (including phenoxy) is 11. The van der Waals surface area contributed by atoms with E-state index in [-0.39, 0.29) is 72.4 Å². The number of carbonyl (C=O) groups is 10. The molecule has 2 aromatic carbocycles. The standard InChI is InChI=1S/C66H93N3O21/c1-18-30-84-52-33-47(89-65-61(88-43(11)72)59(87-42(10)71)58(86-41(9)70)60(90-65)64(78)83-17)28-27-45(52)36-85-66(79)68(13)55(38(5)6)51(74)34-48(37(3)4)62(76)67(12)56(39(7)19-2)53(80-14)35-54(75)69-29-23-26-49(69)57(81-15)40(8)50(73)32-46(63(77)82-16)31-44-24-21-20-22-25-44/h1,20-22,24-25,27-28,33,37-40,46,48-49,53,55-61,65H,19,23,26,29-32,34-36H2,2-17H3/t39?,40-,46?,48-,49-,53+,55-,56-,57+,58-,59-,60-,61+,65+/m0/s1. The second-order valence-corrected chi connectivity index (χ2v) is 23.6. The number of hydrogen-bond donors (Lipinski definition) is 0. The molecule has 2 fully saturated rings. The number of amides is 3. The van der Waals surface area contributed by atoms with Crippen molar-refractivity contribution < 1.29 is 100 Å². The average Bonchev–Trinajstić information content (AvgIpc) is 0.985. The molecule has 90 heavy (non-hydrogen) atoms. The smallest absolute Gasteiger partial charge is 0.410 e. The first-order valence-corrected chi connectivity index (χ1v) is 30.4.